The summed E-state index contributed by atoms with van der Waals surface area (Å²) in [7, 11) is 0. The molecule has 2 aromatic carbocycles. The van der Waals surface area contributed by atoms with Crippen molar-refractivity contribution in [2.75, 3.05) is 5.75 Å². The maximum Gasteiger partial charge on any atom is 0.242 e. The Hall–Kier alpha value is -1.76. The predicted octanol–water partition coefficient (Wildman–Crippen LogP) is 5.84. The molecule has 1 fully saturated rings. The van der Waals surface area contributed by atoms with Crippen LogP contribution in [0, 0.1) is 5.82 Å². The number of carbonyl (C=O) groups is 2. The van der Waals surface area contributed by atoms with Gasteiger partial charge in [0.2, 0.25) is 11.8 Å². The van der Waals surface area contributed by atoms with E-state index in [-0.39, 0.29) is 36.0 Å². The van der Waals surface area contributed by atoms with Gasteiger partial charge in [-0.2, -0.15) is 0 Å². The van der Waals surface area contributed by atoms with Crippen LogP contribution in [-0.2, 0) is 21.9 Å². The number of benzene rings is 2. The van der Waals surface area contributed by atoms with E-state index in [9.17, 15) is 14.0 Å². The Bertz CT molecular complexity index is 916. The fourth-order valence-electron chi connectivity index (χ4n) is 3.75. The standard InChI is InChI=1S/C24H27Cl2FN2O2S/c1-16(24(31)28-19-5-2-3-6-19)29(13-17-9-11-18(27)12-10-17)23(30)15-32-14-20-21(25)7-4-8-22(20)26/h4,7-12,16,19H,2-3,5-6,13-15H2,1H3,(H,28,31)/t16-/m1/s1. The molecule has 0 spiro atoms. The first kappa shape index (κ1) is 24.9. The number of thioether (sulfide) groups is 1. The summed E-state index contributed by atoms with van der Waals surface area (Å²) in [5.74, 6) is -0.0185. The highest BCUT2D eigenvalue weighted by molar-refractivity contribution is 7.99. The fourth-order valence-corrected chi connectivity index (χ4v) is 5.40. The van der Waals surface area contributed by atoms with Crippen molar-refractivity contribution in [3.8, 4) is 0 Å². The Kier molecular flexibility index (Phi) is 9.26. The minimum absolute atomic E-state index is 0.161. The SMILES string of the molecule is C[C@H](C(=O)NC1CCCC1)N(Cc1ccc(F)cc1)C(=O)CSCc1c(Cl)cccc1Cl. The highest BCUT2D eigenvalue weighted by atomic mass is 35.5. The van der Waals surface area contributed by atoms with E-state index >= 15 is 0 Å². The third kappa shape index (κ3) is 6.87. The van der Waals surface area contributed by atoms with Crippen LogP contribution in [0.25, 0.3) is 0 Å². The molecule has 0 heterocycles. The molecule has 1 N–H and O–H groups in total. The molecule has 0 aliphatic heterocycles. The van der Waals surface area contributed by atoms with Gasteiger partial charge in [0.25, 0.3) is 0 Å². The van der Waals surface area contributed by atoms with Crippen LogP contribution in [0.3, 0.4) is 0 Å². The van der Waals surface area contributed by atoms with Crippen molar-refractivity contribution in [3.05, 3.63) is 69.5 Å². The summed E-state index contributed by atoms with van der Waals surface area (Å²) < 4.78 is 13.3. The highest BCUT2D eigenvalue weighted by Gasteiger charge is 2.28. The molecule has 1 saturated carbocycles. The van der Waals surface area contributed by atoms with Crippen LogP contribution in [0.2, 0.25) is 10.0 Å². The summed E-state index contributed by atoms with van der Waals surface area (Å²) in [6.45, 7) is 1.97. The first-order chi connectivity index (χ1) is 15.3. The highest BCUT2D eigenvalue weighted by Crippen LogP contribution is 2.28. The first-order valence-corrected chi connectivity index (χ1v) is 12.6. The summed E-state index contributed by atoms with van der Waals surface area (Å²) in [5, 5.41) is 4.19. The van der Waals surface area contributed by atoms with Crippen molar-refractivity contribution in [1.29, 1.82) is 0 Å². The van der Waals surface area contributed by atoms with Gasteiger partial charge >= 0.3 is 0 Å². The molecule has 3 rings (SSSR count). The van der Waals surface area contributed by atoms with Crippen LogP contribution in [0.5, 0.6) is 0 Å². The number of rotatable bonds is 9. The molecule has 1 aliphatic rings. The van der Waals surface area contributed by atoms with E-state index < -0.39 is 6.04 Å². The number of nitrogens with one attached hydrogen (secondary N) is 1. The van der Waals surface area contributed by atoms with E-state index in [4.69, 9.17) is 23.2 Å². The number of hydrogen-bond acceptors (Lipinski definition) is 3. The van der Waals surface area contributed by atoms with Gasteiger partial charge in [0.1, 0.15) is 11.9 Å². The quantitative estimate of drug-likeness (QED) is 0.474. The Balaban J connectivity index is 1.67. The van der Waals surface area contributed by atoms with Crippen molar-refractivity contribution in [2.24, 2.45) is 0 Å². The summed E-state index contributed by atoms with van der Waals surface area (Å²) in [5.41, 5.74) is 1.55. The molecule has 0 bridgehead atoms. The number of hydrogen-bond donors (Lipinski definition) is 1. The van der Waals surface area contributed by atoms with E-state index in [0.717, 1.165) is 36.8 Å². The Labute approximate surface area is 202 Å². The fraction of sp³-hybridized carbons (Fsp3) is 0.417. The lowest BCUT2D eigenvalue weighted by Crippen LogP contribution is -2.50. The van der Waals surface area contributed by atoms with Gasteiger partial charge in [-0.05, 0) is 55.2 Å². The number of carbonyl (C=O) groups excluding carboxylic acids is 2. The number of amides is 2. The molecule has 32 heavy (non-hydrogen) atoms. The van der Waals surface area contributed by atoms with Crippen LogP contribution < -0.4 is 5.32 Å². The van der Waals surface area contributed by atoms with Crippen molar-refractivity contribution >= 4 is 46.8 Å². The molecular formula is C24H27Cl2FN2O2S. The molecule has 0 radical (unpaired) electrons. The molecule has 2 aromatic rings. The lowest BCUT2D eigenvalue weighted by molar-refractivity contribution is -0.138. The molecule has 0 aromatic heterocycles. The third-order valence-corrected chi connectivity index (χ3v) is 7.32. The van der Waals surface area contributed by atoms with Crippen molar-refractivity contribution in [2.45, 2.75) is 57.0 Å². The van der Waals surface area contributed by atoms with Gasteiger partial charge in [-0.1, -0.05) is 54.2 Å². The zero-order valence-corrected chi connectivity index (χ0v) is 20.3. The minimum Gasteiger partial charge on any atom is -0.352 e. The second kappa shape index (κ2) is 11.9. The monoisotopic (exact) mass is 496 g/mol. The molecule has 0 unspecified atom stereocenters. The predicted molar refractivity (Wildman–Crippen MR) is 129 cm³/mol. The molecule has 0 saturated heterocycles. The molecule has 2 amide bonds. The molecular weight excluding hydrogens is 470 g/mol. The van der Waals surface area contributed by atoms with E-state index in [0.29, 0.717) is 15.8 Å². The van der Waals surface area contributed by atoms with Crippen molar-refractivity contribution < 1.29 is 14.0 Å². The van der Waals surface area contributed by atoms with Gasteiger partial charge in [0, 0.05) is 28.4 Å². The average Bonchev–Trinajstić information content (AvgIpc) is 3.27. The third-order valence-electron chi connectivity index (χ3n) is 5.67. The average molecular weight is 497 g/mol. The molecule has 172 valence electrons. The largest absolute Gasteiger partial charge is 0.352 e. The summed E-state index contributed by atoms with van der Waals surface area (Å²) in [6.07, 6.45) is 4.16. The van der Waals surface area contributed by atoms with E-state index in [2.05, 4.69) is 5.32 Å². The van der Waals surface area contributed by atoms with Gasteiger partial charge in [-0.25, -0.2) is 4.39 Å². The van der Waals surface area contributed by atoms with Crippen LogP contribution in [0.1, 0.15) is 43.7 Å². The van der Waals surface area contributed by atoms with Crippen LogP contribution in [0.15, 0.2) is 42.5 Å². The molecule has 4 nitrogen and oxygen atoms in total. The summed E-state index contributed by atoms with van der Waals surface area (Å²) >= 11 is 13.8. The molecule has 1 aliphatic carbocycles. The van der Waals surface area contributed by atoms with E-state index in [1.54, 1.807) is 42.2 Å². The Morgan fingerprint density at radius 2 is 1.75 bits per heavy atom. The van der Waals surface area contributed by atoms with E-state index in [1.807, 2.05) is 0 Å². The van der Waals surface area contributed by atoms with Gasteiger partial charge in [0.15, 0.2) is 0 Å². The zero-order chi connectivity index (χ0) is 23.1. The van der Waals surface area contributed by atoms with Crippen LogP contribution in [0.4, 0.5) is 4.39 Å². The second-order valence-corrected chi connectivity index (χ2v) is 9.81. The summed E-state index contributed by atoms with van der Waals surface area (Å²) in [6, 6.07) is 10.8. The minimum atomic E-state index is -0.641. The summed E-state index contributed by atoms with van der Waals surface area (Å²) in [4.78, 5) is 27.6. The smallest absolute Gasteiger partial charge is 0.242 e. The van der Waals surface area contributed by atoms with Gasteiger partial charge < -0.3 is 10.2 Å². The maximum absolute atomic E-state index is 13.3. The van der Waals surface area contributed by atoms with Gasteiger partial charge in [-0.3, -0.25) is 9.59 Å². The van der Waals surface area contributed by atoms with Crippen LogP contribution >= 0.6 is 35.0 Å². The Morgan fingerprint density at radius 1 is 1.12 bits per heavy atom. The van der Waals surface area contributed by atoms with E-state index in [1.165, 1.54) is 23.9 Å². The number of halogens is 3. The zero-order valence-electron chi connectivity index (χ0n) is 18.0. The first-order valence-electron chi connectivity index (χ1n) is 10.7. The Morgan fingerprint density at radius 3 is 2.38 bits per heavy atom. The second-order valence-electron chi connectivity index (χ2n) is 8.01. The molecule has 1 atom stereocenters. The topological polar surface area (TPSA) is 49.4 Å². The van der Waals surface area contributed by atoms with Crippen molar-refractivity contribution in [1.82, 2.24) is 10.2 Å². The normalized spacial score (nSPS) is 14.9. The van der Waals surface area contributed by atoms with Gasteiger partial charge in [0.05, 0.1) is 5.75 Å². The molecule has 8 heteroatoms. The van der Waals surface area contributed by atoms with Gasteiger partial charge in [-0.15, -0.1) is 11.8 Å². The maximum atomic E-state index is 13.3. The van der Waals surface area contributed by atoms with Crippen LogP contribution in [-0.4, -0.2) is 34.6 Å². The number of nitrogens with zero attached hydrogens (tertiary/aromatic N) is 1. The lowest BCUT2D eigenvalue weighted by atomic mass is 10.1. The lowest BCUT2D eigenvalue weighted by Gasteiger charge is -2.29. The van der Waals surface area contributed by atoms with Crippen molar-refractivity contribution in [3.63, 3.8) is 0 Å².